The number of anilines is 3. The minimum absolute atomic E-state index is 0.161. The van der Waals surface area contributed by atoms with Gasteiger partial charge in [0.05, 0.1) is 24.0 Å². The molecule has 12 heteroatoms. The standard InChI is InChI=1S/C21H22N8O4/c1-11-10-33-21(24-11)28-7-3-4-14(20(28)32)25-16-8-17(22-2)29-18(27-16)12(9-23-29)19(31)26-13-5-6-15(13)30/h3-4,7-10,13,15,22,30H,5-6H2,1-2H3,(H,25,27)(H,26,31)/t13-,15-/m1/s1. The first-order chi connectivity index (χ1) is 15.9. The van der Waals surface area contributed by atoms with Gasteiger partial charge in [-0.05, 0) is 31.9 Å². The Morgan fingerprint density at radius 1 is 1.30 bits per heavy atom. The maximum absolute atomic E-state index is 13.0. The molecule has 0 radical (unpaired) electrons. The normalized spacial score (nSPS) is 17.5. The molecular formula is C21H22N8O4. The lowest BCUT2D eigenvalue weighted by atomic mass is 9.89. The second-order valence-electron chi connectivity index (χ2n) is 7.79. The van der Waals surface area contributed by atoms with Gasteiger partial charge in [-0.2, -0.15) is 14.6 Å². The first kappa shape index (κ1) is 20.7. The molecule has 1 amide bonds. The Morgan fingerprint density at radius 2 is 2.15 bits per heavy atom. The van der Waals surface area contributed by atoms with E-state index >= 15 is 0 Å². The van der Waals surface area contributed by atoms with Gasteiger partial charge >= 0.3 is 6.01 Å². The Hall–Kier alpha value is -4.19. The molecule has 4 aromatic heterocycles. The number of amides is 1. The molecule has 2 atom stereocenters. The highest BCUT2D eigenvalue weighted by atomic mass is 16.4. The van der Waals surface area contributed by atoms with Crippen LogP contribution < -0.4 is 21.5 Å². The molecule has 4 heterocycles. The van der Waals surface area contributed by atoms with Gasteiger partial charge in [0, 0.05) is 19.3 Å². The number of carbonyl (C=O) groups is 1. The van der Waals surface area contributed by atoms with Crippen LogP contribution in [0, 0.1) is 6.92 Å². The molecule has 1 aliphatic rings. The summed E-state index contributed by atoms with van der Waals surface area (Å²) in [6.45, 7) is 1.77. The van der Waals surface area contributed by atoms with Crippen molar-refractivity contribution in [1.29, 1.82) is 0 Å². The van der Waals surface area contributed by atoms with Gasteiger partial charge in [0.25, 0.3) is 11.5 Å². The Kier molecular flexibility index (Phi) is 5.05. The summed E-state index contributed by atoms with van der Waals surface area (Å²) in [7, 11) is 1.71. The fraction of sp³-hybridized carbons (Fsp3) is 0.286. The van der Waals surface area contributed by atoms with Crippen LogP contribution in [-0.4, -0.2) is 54.4 Å². The van der Waals surface area contributed by atoms with Crippen LogP contribution in [0.5, 0.6) is 0 Å². The second kappa shape index (κ2) is 8.06. The first-order valence-corrected chi connectivity index (χ1v) is 10.4. The van der Waals surface area contributed by atoms with Crippen molar-refractivity contribution in [3.8, 4) is 6.01 Å². The fourth-order valence-electron chi connectivity index (χ4n) is 3.59. The van der Waals surface area contributed by atoms with Crippen LogP contribution in [-0.2, 0) is 0 Å². The Morgan fingerprint density at radius 3 is 2.82 bits per heavy atom. The summed E-state index contributed by atoms with van der Waals surface area (Å²) < 4.78 is 8.12. The number of aromatic nitrogens is 5. The fourth-order valence-corrected chi connectivity index (χ4v) is 3.59. The Bertz CT molecular complexity index is 1410. The van der Waals surface area contributed by atoms with Crippen molar-refractivity contribution in [2.45, 2.75) is 31.9 Å². The van der Waals surface area contributed by atoms with E-state index in [1.54, 1.807) is 38.4 Å². The van der Waals surface area contributed by atoms with Crippen molar-refractivity contribution < 1.29 is 14.3 Å². The molecular weight excluding hydrogens is 428 g/mol. The molecule has 1 fully saturated rings. The maximum Gasteiger partial charge on any atom is 0.308 e. The van der Waals surface area contributed by atoms with Crippen molar-refractivity contribution in [3.63, 3.8) is 0 Å². The highest BCUT2D eigenvalue weighted by Gasteiger charge is 2.31. The number of rotatable bonds is 6. The van der Waals surface area contributed by atoms with Crippen molar-refractivity contribution >= 4 is 28.9 Å². The number of nitrogens with zero attached hydrogens (tertiary/aromatic N) is 5. The monoisotopic (exact) mass is 450 g/mol. The van der Waals surface area contributed by atoms with E-state index in [0.717, 1.165) is 6.42 Å². The molecule has 170 valence electrons. The number of oxazole rings is 1. The van der Waals surface area contributed by atoms with Crippen LogP contribution in [0.15, 0.2) is 46.1 Å². The number of hydrogen-bond donors (Lipinski definition) is 4. The molecule has 1 aliphatic carbocycles. The van der Waals surface area contributed by atoms with Gasteiger partial charge in [-0.25, -0.2) is 9.55 Å². The lowest BCUT2D eigenvalue weighted by Crippen LogP contribution is -2.50. The van der Waals surface area contributed by atoms with E-state index in [2.05, 4.69) is 31.0 Å². The minimum Gasteiger partial charge on any atom is -0.431 e. The number of aliphatic hydroxyl groups excluding tert-OH is 1. The van der Waals surface area contributed by atoms with Crippen LogP contribution in [0.2, 0.25) is 0 Å². The summed E-state index contributed by atoms with van der Waals surface area (Å²) in [5, 5.41) is 22.9. The number of pyridine rings is 1. The smallest absolute Gasteiger partial charge is 0.308 e. The lowest BCUT2D eigenvalue weighted by molar-refractivity contribution is 0.0448. The average molecular weight is 450 g/mol. The SMILES string of the molecule is CNc1cc(Nc2cccn(-c3nc(C)co3)c2=O)nc2c(C(=O)N[C@@H]3CC[C@H]3O)cnn12. The summed E-state index contributed by atoms with van der Waals surface area (Å²) >= 11 is 0. The van der Waals surface area contributed by atoms with Crippen LogP contribution >= 0.6 is 0 Å². The van der Waals surface area contributed by atoms with Gasteiger partial charge in [-0.1, -0.05) is 0 Å². The van der Waals surface area contributed by atoms with E-state index in [4.69, 9.17) is 4.42 Å². The van der Waals surface area contributed by atoms with Gasteiger partial charge in [0.15, 0.2) is 5.65 Å². The minimum atomic E-state index is -0.540. The molecule has 1 saturated carbocycles. The lowest BCUT2D eigenvalue weighted by Gasteiger charge is -2.32. The second-order valence-corrected chi connectivity index (χ2v) is 7.79. The highest BCUT2D eigenvalue weighted by molar-refractivity contribution is 6.00. The van der Waals surface area contributed by atoms with Gasteiger partial charge < -0.3 is 25.5 Å². The number of nitrogens with one attached hydrogen (secondary N) is 3. The topological polar surface area (TPSA) is 152 Å². The van der Waals surface area contributed by atoms with Crippen molar-refractivity contribution in [2.24, 2.45) is 0 Å². The summed E-state index contributed by atoms with van der Waals surface area (Å²) in [4.78, 5) is 34.4. The van der Waals surface area contributed by atoms with Crippen LogP contribution in [0.4, 0.5) is 17.3 Å². The van der Waals surface area contributed by atoms with Gasteiger partial charge in [0.1, 0.15) is 29.1 Å². The zero-order valence-corrected chi connectivity index (χ0v) is 17.9. The quantitative estimate of drug-likeness (QED) is 0.340. The van der Waals surface area contributed by atoms with Crippen LogP contribution in [0.1, 0.15) is 28.9 Å². The zero-order chi connectivity index (χ0) is 23.1. The first-order valence-electron chi connectivity index (χ1n) is 10.4. The Balaban J connectivity index is 1.50. The predicted octanol–water partition coefficient (Wildman–Crippen LogP) is 1.22. The summed E-state index contributed by atoms with van der Waals surface area (Å²) in [6, 6.07) is 4.85. The molecule has 0 bridgehead atoms. The highest BCUT2D eigenvalue weighted by Crippen LogP contribution is 2.23. The third-order valence-corrected chi connectivity index (χ3v) is 5.55. The summed E-state index contributed by atoms with van der Waals surface area (Å²) in [5.74, 6) is 0.523. The average Bonchev–Trinajstić information content (AvgIpc) is 3.43. The van der Waals surface area contributed by atoms with Crippen LogP contribution in [0.3, 0.4) is 0 Å². The molecule has 0 aromatic carbocycles. The molecule has 0 aliphatic heterocycles. The predicted molar refractivity (Wildman–Crippen MR) is 119 cm³/mol. The van der Waals surface area contributed by atoms with E-state index in [9.17, 15) is 14.7 Å². The molecule has 4 aromatic rings. The van der Waals surface area contributed by atoms with E-state index in [1.165, 1.54) is 21.5 Å². The van der Waals surface area contributed by atoms with Gasteiger partial charge in [-0.3, -0.25) is 9.59 Å². The molecule has 4 N–H and O–H groups in total. The molecule has 0 unspecified atom stereocenters. The number of hydrogen-bond acceptors (Lipinski definition) is 9. The van der Waals surface area contributed by atoms with Crippen molar-refractivity contribution in [1.82, 2.24) is 29.5 Å². The largest absolute Gasteiger partial charge is 0.431 e. The number of carbonyl (C=O) groups excluding carboxylic acids is 1. The molecule has 33 heavy (non-hydrogen) atoms. The number of aliphatic hydroxyl groups is 1. The van der Waals surface area contributed by atoms with Crippen molar-refractivity contribution in [3.05, 3.63) is 58.5 Å². The third kappa shape index (κ3) is 3.69. The summed E-state index contributed by atoms with van der Waals surface area (Å²) in [5.41, 5.74) is 1.08. The molecule has 0 saturated heterocycles. The summed E-state index contributed by atoms with van der Waals surface area (Å²) in [6.07, 6.45) is 5.29. The maximum atomic E-state index is 13.0. The zero-order valence-electron chi connectivity index (χ0n) is 17.9. The van der Waals surface area contributed by atoms with Gasteiger partial charge in [0.2, 0.25) is 0 Å². The van der Waals surface area contributed by atoms with E-state index in [0.29, 0.717) is 29.4 Å². The van der Waals surface area contributed by atoms with Crippen LogP contribution in [0.25, 0.3) is 11.7 Å². The number of fused-ring (bicyclic) bond motifs is 1. The molecule has 12 nitrogen and oxygen atoms in total. The van der Waals surface area contributed by atoms with E-state index < -0.39 is 6.10 Å². The van der Waals surface area contributed by atoms with Crippen molar-refractivity contribution in [2.75, 3.05) is 17.7 Å². The van der Waals surface area contributed by atoms with Gasteiger partial charge in [-0.15, -0.1) is 0 Å². The van der Waals surface area contributed by atoms with E-state index in [-0.39, 0.29) is 34.8 Å². The molecule has 0 spiro atoms. The third-order valence-electron chi connectivity index (χ3n) is 5.55. The Labute approximate surface area is 187 Å². The number of aryl methyl sites for hydroxylation is 1. The molecule has 5 rings (SSSR count). The van der Waals surface area contributed by atoms with E-state index in [1.807, 2.05) is 0 Å².